The first-order chi connectivity index (χ1) is 13.1. The molecule has 27 heavy (non-hydrogen) atoms. The summed E-state index contributed by atoms with van der Waals surface area (Å²) in [5.74, 6) is 0.358. The lowest BCUT2D eigenvalue weighted by Gasteiger charge is -2.11. The van der Waals surface area contributed by atoms with Crippen molar-refractivity contribution in [3.63, 3.8) is 0 Å². The van der Waals surface area contributed by atoms with Crippen LogP contribution in [0.4, 0.5) is 11.4 Å². The molecule has 2 aromatic carbocycles. The average molecular weight is 368 g/mol. The molecular weight excluding hydrogens is 348 g/mol. The molecule has 0 radical (unpaired) electrons. The van der Waals surface area contributed by atoms with Gasteiger partial charge in [0, 0.05) is 17.9 Å². The molecule has 2 N–H and O–H groups in total. The van der Waals surface area contributed by atoms with E-state index in [1.807, 2.05) is 6.07 Å². The molecule has 0 saturated heterocycles. The van der Waals surface area contributed by atoms with Crippen LogP contribution >= 0.6 is 0 Å². The second-order valence-corrected chi connectivity index (χ2v) is 5.72. The minimum absolute atomic E-state index is 0.0240. The van der Waals surface area contributed by atoms with Gasteiger partial charge >= 0.3 is 0 Å². The Kier molecular flexibility index (Phi) is 5.30. The maximum absolute atomic E-state index is 12.9. The summed E-state index contributed by atoms with van der Waals surface area (Å²) in [7, 11) is 3.04. The summed E-state index contributed by atoms with van der Waals surface area (Å²) in [5, 5.41) is 6.17. The number of anilines is 2. The fraction of sp³-hybridized carbons (Fsp3) is 0.200. The van der Waals surface area contributed by atoms with Crippen LogP contribution in [0.2, 0.25) is 0 Å². The minimum atomic E-state index is -0.499. The van der Waals surface area contributed by atoms with E-state index >= 15 is 0 Å². The number of nitrogens with one attached hydrogen (secondary N) is 2. The van der Waals surface area contributed by atoms with Gasteiger partial charge in [0.25, 0.3) is 5.91 Å². The predicted octanol–water partition coefficient (Wildman–Crippen LogP) is 4.05. The number of furan rings is 1. The van der Waals surface area contributed by atoms with Gasteiger partial charge in [0.15, 0.2) is 0 Å². The van der Waals surface area contributed by atoms with Crippen LogP contribution in [0.5, 0.6) is 11.5 Å². The number of methoxy groups -OCH3 is 2. The van der Waals surface area contributed by atoms with E-state index in [-0.39, 0.29) is 18.1 Å². The zero-order chi connectivity index (χ0) is 19.4. The van der Waals surface area contributed by atoms with Crippen molar-refractivity contribution < 1.29 is 23.5 Å². The molecule has 0 aliphatic heterocycles. The molecule has 7 nitrogen and oxygen atoms in total. The Morgan fingerprint density at radius 1 is 1.04 bits per heavy atom. The lowest BCUT2D eigenvalue weighted by Crippen LogP contribution is -2.16. The number of rotatable bonds is 6. The topological polar surface area (TPSA) is 89.8 Å². The highest BCUT2D eigenvalue weighted by atomic mass is 16.5. The van der Waals surface area contributed by atoms with Crippen molar-refractivity contribution in [2.24, 2.45) is 0 Å². The van der Waals surface area contributed by atoms with Gasteiger partial charge in [-0.1, -0.05) is 19.1 Å². The van der Waals surface area contributed by atoms with Gasteiger partial charge in [-0.15, -0.1) is 0 Å². The molecule has 3 rings (SSSR count). The second-order valence-electron chi connectivity index (χ2n) is 5.72. The summed E-state index contributed by atoms with van der Waals surface area (Å²) in [6, 6.07) is 12.2. The highest BCUT2D eigenvalue weighted by molar-refractivity contribution is 6.14. The fourth-order valence-corrected chi connectivity index (χ4v) is 2.64. The standard InChI is InChI=1S/C20H20N2O5/c1-4-17(23)22-18-13-7-5-6-8-15(13)27-19(18)20(24)21-14-10-9-12(25-2)11-16(14)26-3/h5-11H,4H2,1-3H3,(H,21,24)(H,22,23). The van der Waals surface area contributed by atoms with Gasteiger partial charge in [0.2, 0.25) is 11.7 Å². The molecule has 1 aromatic heterocycles. The first-order valence-electron chi connectivity index (χ1n) is 8.42. The molecule has 140 valence electrons. The van der Waals surface area contributed by atoms with E-state index in [1.165, 1.54) is 7.11 Å². The molecule has 7 heteroatoms. The van der Waals surface area contributed by atoms with E-state index in [4.69, 9.17) is 13.9 Å². The number of para-hydroxylation sites is 1. The third-order valence-corrected chi connectivity index (χ3v) is 4.04. The zero-order valence-corrected chi connectivity index (χ0v) is 15.3. The molecule has 1 heterocycles. The molecule has 0 aliphatic carbocycles. The van der Waals surface area contributed by atoms with Crippen molar-refractivity contribution >= 4 is 34.2 Å². The second kappa shape index (κ2) is 7.82. The fourth-order valence-electron chi connectivity index (χ4n) is 2.64. The third-order valence-electron chi connectivity index (χ3n) is 4.04. The number of amides is 2. The van der Waals surface area contributed by atoms with Crippen molar-refractivity contribution in [1.29, 1.82) is 0 Å². The number of hydrogen-bond donors (Lipinski definition) is 2. The van der Waals surface area contributed by atoms with E-state index in [2.05, 4.69) is 10.6 Å². The van der Waals surface area contributed by atoms with Gasteiger partial charge in [0.05, 0.1) is 19.9 Å². The van der Waals surface area contributed by atoms with Gasteiger partial charge in [-0.05, 0) is 24.3 Å². The predicted molar refractivity (Wildman–Crippen MR) is 103 cm³/mol. The largest absolute Gasteiger partial charge is 0.497 e. The average Bonchev–Trinajstić information content (AvgIpc) is 3.06. The van der Waals surface area contributed by atoms with Crippen molar-refractivity contribution in [3.8, 4) is 11.5 Å². The maximum Gasteiger partial charge on any atom is 0.293 e. The summed E-state index contributed by atoms with van der Waals surface area (Å²) in [6.07, 6.45) is 0.285. The molecule has 0 bridgehead atoms. The summed E-state index contributed by atoms with van der Waals surface area (Å²) in [6.45, 7) is 1.74. The summed E-state index contributed by atoms with van der Waals surface area (Å²) in [4.78, 5) is 24.8. The number of benzene rings is 2. The van der Waals surface area contributed by atoms with Crippen molar-refractivity contribution in [1.82, 2.24) is 0 Å². The lowest BCUT2D eigenvalue weighted by atomic mass is 10.2. The van der Waals surface area contributed by atoms with Gasteiger partial charge in [-0.25, -0.2) is 0 Å². The highest BCUT2D eigenvalue weighted by Crippen LogP contribution is 2.33. The molecule has 3 aromatic rings. The Morgan fingerprint density at radius 3 is 2.52 bits per heavy atom. The summed E-state index contributed by atoms with van der Waals surface area (Å²) in [5.41, 5.74) is 1.31. The van der Waals surface area contributed by atoms with E-state index in [0.29, 0.717) is 33.8 Å². The van der Waals surface area contributed by atoms with Gasteiger partial charge in [-0.2, -0.15) is 0 Å². The first-order valence-corrected chi connectivity index (χ1v) is 8.42. The van der Waals surface area contributed by atoms with Gasteiger partial charge in [0.1, 0.15) is 22.8 Å². The quantitative estimate of drug-likeness (QED) is 0.685. The number of ether oxygens (including phenoxy) is 2. The molecular formula is C20H20N2O5. The highest BCUT2D eigenvalue weighted by Gasteiger charge is 2.23. The van der Waals surface area contributed by atoms with Crippen LogP contribution in [0, 0.1) is 0 Å². The van der Waals surface area contributed by atoms with E-state index in [1.54, 1.807) is 50.4 Å². The van der Waals surface area contributed by atoms with Crippen LogP contribution in [0.25, 0.3) is 11.0 Å². The maximum atomic E-state index is 12.9. The van der Waals surface area contributed by atoms with E-state index in [9.17, 15) is 9.59 Å². The summed E-state index contributed by atoms with van der Waals surface area (Å²) < 4.78 is 16.2. The van der Waals surface area contributed by atoms with E-state index in [0.717, 1.165) is 0 Å². The van der Waals surface area contributed by atoms with Gasteiger partial charge in [-0.3, -0.25) is 9.59 Å². The normalized spacial score (nSPS) is 10.5. The number of carbonyl (C=O) groups is 2. The van der Waals surface area contributed by atoms with Crippen LogP contribution in [0.1, 0.15) is 23.9 Å². The van der Waals surface area contributed by atoms with Crippen LogP contribution in [-0.2, 0) is 4.79 Å². The van der Waals surface area contributed by atoms with Crippen molar-refractivity contribution in [2.45, 2.75) is 13.3 Å². The molecule has 0 aliphatic rings. The smallest absolute Gasteiger partial charge is 0.293 e. The Balaban J connectivity index is 1.98. The van der Waals surface area contributed by atoms with Crippen molar-refractivity contribution in [3.05, 3.63) is 48.2 Å². The van der Waals surface area contributed by atoms with Crippen LogP contribution in [0.15, 0.2) is 46.9 Å². The third kappa shape index (κ3) is 3.72. The Morgan fingerprint density at radius 2 is 1.81 bits per heavy atom. The van der Waals surface area contributed by atoms with E-state index < -0.39 is 5.91 Å². The Labute approximate surface area is 156 Å². The number of fused-ring (bicyclic) bond motifs is 1. The lowest BCUT2D eigenvalue weighted by molar-refractivity contribution is -0.115. The molecule has 0 atom stereocenters. The number of hydrogen-bond acceptors (Lipinski definition) is 5. The minimum Gasteiger partial charge on any atom is -0.497 e. The molecule has 2 amide bonds. The summed E-state index contributed by atoms with van der Waals surface area (Å²) >= 11 is 0. The molecule has 0 saturated carbocycles. The monoisotopic (exact) mass is 368 g/mol. The zero-order valence-electron chi connectivity index (χ0n) is 15.3. The Hall–Kier alpha value is -3.48. The van der Waals surface area contributed by atoms with Crippen LogP contribution in [0.3, 0.4) is 0 Å². The van der Waals surface area contributed by atoms with Gasteiger partial charge < -0.3 is 24.5 Å². The van der Waals surface area contributed by atoms with Crippen LogP contribution < -0.4 is 20.1 Å². The number of carbonyl (C=O) groups excluding carboxylic acids is 2. The molecule has 0 spiro atoms. The molecule has 0 unspecified atom stereocenters. The van der Waals surface area contributed by atoms with Crippen molar-refractivity contribution in [2.75, 3.05) is 24.9 Å². The van der Waals surface area contributed by atoms with Crippen LogP contribution in [-0.4, -0.2) is 26.0 Å². The Bertz CT molecular complexity index is 993. The molecule has 0 fully saturated rings. The SMILES string of the molecule is CCC(=O)Nc1c(C(=O)Nc2ccc(OC)cc2OC)oc2ccccc12. The first kappa shape index (κ1) is 18.3.